The van der Waals surface area contributed by atoms with E-state index in [2.05, 4.69) is 27.9 Å². The Bertz CT molecular complexity index is 143. The number of hydrogen-bond acceptors (Lipinski definition) is 2. The number of carbonyl (C=O) groups is 1. The fourth-order valence-electron chi connectivity index (χ4n) is 1.14. The molecular formula is C7H13IN2O. The van der Waals surface area contributed by atoms with Crippen molar-refractivity contribution < 1.29 is 4.79 Å². The van der Waals surface area contributed by atoms with E-state index < -0.39 is 0 Å². The molecule has 0 aromatic rings. The van der Waals surface area contributed by atoms with Gasteiger partial charge in [0.2, 0.25) is 5.91 Å². The van der Waals surface area contributed by atoms with Gasteiger partial charge in [0, 0.05) is 26.2 Å². The summed E-state index contributed by atoms with van der Waals surface area (Å²) < 4.78 is 0.116. The van der Waals surface area contributed by atoms with E-state index >= 15 is 0 Å². The molecule has 1 amide bonds. The van der Waals surface area contributed by atoms with Crippen molar-refractivity contribution in [2.45, 2.75) is 10.8 Å². The van der Waals surface area contributed by atoms with Crippen LogP contribution in [0.25, 0.3) is 0 Å². The Labute approximate surface area is 80.7 Å². The molecule has 1 aliphatic rings. The number of nitrogens with zero attached hydrogens (tertiary/aromatic N) is 1. The summed E-state index contributed by atoms with van der Waals surface area (Å²) in [6.07, 6.45) is 0. The van der Waals surface area contributed by atoms with Crippen molar-refractivity contribution in [1.82, 2.24) is 10.2 Å². The van der Waals surface area contributed by atoms with Crippen molar-refractivity contribution >= 4 is 28.5 Å². The Hall–Kier alpha value is 0.160. The molecule has 0 bridgehead atoms. The van der Waals surface area contributed by atoms with Crippen LogP contribution in [0, 0.1) is 0 Å². The summed E-state index contributed by atoms with van der Waals surface area (Å²) in [6.45, 7) is 5.55. The first-order valence-electron chi connectivity index (χ1n) is 3.85. The summed E-state index contributed by atoms with van der Waals surface area (Å²) in [7, 11) is 0. The average molecular weight is 268 g/mol. The van der Waals surface area contributed by atoms with Gasteiger partial charge in [0.05, 0.1) is 3.92 Å². The van der Waals surface area contributed by atoms with E-state index in [0.717, 1.165) is 26.2 Å². The summed E-state index contributed by atoms with van der Waals surface area (Å²) in [5, 5.41) is 3.21. The number of amides is 1. The van der Waals surface area contributed by atoms with Gasteiger partial charge in [-0.15, -0.1) is 0 Å². The van der Waals surface area contributed by atoms with Crippen molar-refractivity contribution in [3.8, 4) is 0 Å². The zero-order valence-corrected chi connectivity index (χ0v) is 8.80. The third-order valence-corrected chi connectivity index (χ3v) is 2.30. The fourth-order valence-corrected chi connectivity index (χ4v) is 1.53. The van der Waals surface area contributed by atoms with Crippen LogP contribution >= 0.6 is 22.6 Å². The third-order valence-electron chi connectivity index (χ3n) is 1.77. The minimum atomic E-state index is 0.116. The molecule has 1 N–H and O–H groups in total. The van der Waals surface area contributed by atoms with Crippen molar-refractivity contribution in [1.29, 1.82) is 0 Å². The number of rotatable bonds is 1. The molecule has 0 saturated carbocycles. The lowest BCUT2D eigenvalue weighted by atomic mass is 10.3. The van der Waals surface area contributed by atoms with Gasteiger partial charge < -0.3 is 10.2 Å². The van der Waals surface area contributed by atoms with Crippen molar-refractivity contribution in [3.05, 3.63) is 0 Å². The molecule has 4 heteroatoms. The molecule has 1 fully saturated rings. The normalized spacial score (nSPS) is 21.5. The lowest BCUT2D eigenvalue weighted by molar-refractivity contribution is -0.130. The Morgan fingerprint density at radius 2 is 2.09 bits per heavy atom. The SMILES string of the molecule is CC(I)C(=O)N1CCNCC1. The first kappa shape index (κ1) is 9.25. The number of alkyl halides is 1. The number of nitrogens with one attached hydrogen (secondary N) is 1. The zero-order valence-electron chi connectivity index (χ0n) is 6.64. The largest absolute Gasteiger partial charge is 0.339 e. The molecule has 3 nitrogen and oxygen atoms in total. The van der Waals surface area contributed by atoms with E-state index in [1.165, 1.54) is 0 Å². The van der Waals surface area contributed by atoms with E-state index in [0.29, 0.717) is 0 Å². The van der Waals surface area contributed by atoms with Gasteiger partial charge in [0.1, 0.15) is 0 Å². The van der Waals surface area contributed by atoms with E-state index in [1.54, 1.807) is 0 Å². The van der Waals surface area contributed by atoms with Gasteiger partial charge in [-0.1, -0.05) is 22.6 Å². The fraction of sp³-hybridized carbons (Fsp3) is 0.857. The van der Waals surface area contributed by atoms with Crippen LogP contribution in [-0.2, 0) is 4.79 Å². The second-order valence-corrected chi connectivity index (χ2v) is 4.56. The van der Waals surface area contributed by atoms with Gasteiger partial charge in [0.15, 0.2) is 0 Å². The van der Waals surface area contributed by atoms with Gasteiger partial charge >= 0.3 is 0 Å². The van der Waals surface area contributed by atoms with Crippen LogP contribution < -0.4 is 5.32 Å². The molecule has 0 aromatic carbocycles. The molecule has 1 atom stereocenters. The number of piperazine rings is 1. The van der Waals surface area contributed by atoms with Crippen LogP contribution in [0.1, 0.15) is 6.92 Å². The Kier molecular flexibility index (Phi) is 3.58. The highest BCUT2D eigenvalue weighted by Gasteiger charge is 2.19. The highest BCUT2D eigenvalue weighted by molar-refractivity contribution is 14.1. The molecule has 1 unspecified atom stereocenters. The van der Waals surface area contributed by atoms with Crippen LogP contribution in [0.2, 0.25) is 0 Å². The van der Waals surface area contributed by atoms with Gasteiger partial charge in [-0.2, -0.15) is 0 Å². The maximum atomic E-state index is 11.4. The van der Waals surface area contributed by atoms with Crippen molar-refractivity contribution in [2.24, 2.45) is 0 Å². The first-order valence-corrected chi connectivity index (χ1v) is 5.10. The number of halogens is 1. The molecule has 0 aromatic heterocycles. The third kappa shape index (κ3) is 2.59. The summed E-state index contributed by atoms with van der Waals surface area (Å²) in [4.78, 5) is 13.3. The van der Waals surface area contributed by atoms with Gasteiger partial charge in [-0.25, -0.2) is 0 Å². The Morgan fingerprint density at radius 3 is 2.55 bits per heavy atom. The molecule has 64 valence electrons. The highest BCUT2D eigenvalue weighted by atomic mass is 127. The number of hydrogen-bond donors (Lipinski definition) is 1. The summed E-state index contributed by atoms with van der Waals surface area (Å²) in [6, 6.07) is 0. The minimum Gasteiger partial charge on any atom is -0.339 e. The van der Waals surface area contributed by atoms with Crippen LogP contribution in [0.15, 0.2) is 0 Å². The summed E-state index contributed by atoms with van der Waals surface area (Å²) in [5.74, 6) is 0.270. The molecular weight excluding hydrogens is 255 g/mol. The van der Waals surface area contributed by atoms with Gasteiger partial charge in [-0.05, 0) is 6.92 Å². The van der Waals surface area contributed by atoms with Crippen LogP contribution in [-0.4, -0.2) is 40.9 Å². The molecule has 1 heterocycles. The molecule has 0 aliphatic carbocycles. The minimum absolute atomic E-state index is 0.116. The Morgan fingerprint density at radius 1 is 1.55 bits per heavy atom. The maximum absolute atomic E-state index is 11.4. The maximum Gasteiger partial charge on any atom is 0.235 e. The molecule has 0 spiro atoms. The standard InChI is InChI=1S/C7H13IN2O/c1-6(8)7(11)10-4-2-9-3-5-10/h6,9H,2-5H2,1H3. The van der Waals surface area contributed by atoms with Crippen LogP contribution in [0.5, 0.6) is 0 Å². The number of carbonyl (C=O) groups excluding carboxylic acids is 1. The van der Waals surface area contributed by atoms with E-state index in [1.807, 2.05) is 11.8 Å². The molecule has 11 heavy (non-hydrogen) atoms. The summed E-state index contributed by atoms with van der Waals surface area (Å²) in [5.41, 5.74) is 0. The smallest absolute Gasteiger partial charge is 0.235 e. The molecule has 0 radical (unpaired) electrons. The lowest BCUT2D eigenvalue weighted by Gasteiger charge is -2.28. The topological polar surface area (TPSA) is 32.3 Å². The van der Waals surface area contributed by atoms with Crippen LogP contribution in [0.4, 0.5) is 0 Å². The zero-order chi connectivity index (χ0) is 8.27. The van der Waals surface area contributed by atoms with E-state index in [-0.39, 0.29) is 9.83 Å². The van der Waals surface area contributed by atoms with Crippen molar-refractivity contribution in [2.75, 3.05) is 26.2 Å². The van der Waals surface area contributed by atoms with Crippen molar-refractivity contribution in [3.63, 3.8) is 0 Å². The van der Waals surface area contributed by atoms with E-state index in [4.69, 9.17) is 0 Å². The lowest BCUT2D eigenvalue weighted by Crippen LogP contribution is -2.48. The Balaban J connectivity index is 2.39. The highest BCUT2D eigenvalue weighted by Crippen LogP contribution is 2.05. The molecule has 1 aliphatic heterocycles. The second-order valence-electron chi connectivity index (χ2n) is 2.69. The second kappa shape index (κ2) is 4.25. The average Bonchev–Trinajstić information content (AvgIpc) is 2.05. The molecule has 1 saturated heterocycles. The van der Waals surface area contributed by atoms with Crippen LogP contribution in [0.3, 0.4) is 0 Å². The summed E-state index contributed by atoms with van der Waals surface area (Å²) >= 11 is 2.16. The predicted octanol–water partition coefficient (Wildman–Crippen LogP) is 0.242. The predicted molar refractivity (Wildman–Crippen MR) is 52.9 cm³/mol. The quantitative estimate of drug-likeness (QED) is 0.546. The monoisotopic (exact) mass is 268 g/mol. The van der Waals surface area contributed by atoms with Gasteiger partial charge in [0.25, 0.3) is 0 Å². The van der Waals surface area contributed by atoms with E-state index in [9.17, 15) is 4.79 Å². The van der Waals surface area contributed by atoms with Gasteiger partial charge in [-0.3, -0.25) is 4.79 Å². The first-order chi connectivity index (χ1) is 5.22. The molecule has 1 rings (SSSR count).